The summed E-state index contributed by atoms with van der Waals surface area (Å²) in [4.78, 5) is 17.8. The fourth-order valence-corrected chi connectivity index (χ4v) is 3.93. The maximum atomic E-state index is 14.4. The summed E-state index contributed by atoms with van der Waals surface area (Å²) in [5.41, 5.74) is -2.90. The van der Waals surface area contributed by atoms with Crippen molar-refractivity contribution in [3.05, 3.63) is 23.1 Å². The molecule has 0 aromatic carbocycles. The molecule has 146 valence electrons. The number of fused-ring (bicyclic) bond motifs is 3. The van der Waals surface area contributed by atoms with E-state index in [9.17, 15) is 18.0 Å². The van der Waals surface area contributed by atoms with Crippen molar-refractivity contribution in [2.75, 3.05) is 11.4 Å². The summed E-state index contributed by atoms with van der Waals surface area (Å²) in [6.45, 7) is 4.43. The molecule has 2 aromatic heterocycles. The number of carbonyl (C=O) groups excluding carboxylic acids is 1. The number of halogens is 4. The van der Waals surface area contributed by atoms with Crippen LogP contribution in [0.25, 0.3) is 5.65 Å². The van der Waals surface area contributed by atoms with Crippen LogP contribution in [-0.2, 0) is 10.2 Å². The van der Waals surface area contributed by atoms with Gasteiger partial charge in [0, 0.05) is 12.6 Å². The number of hydrogen-bond acceptors (Lipinski definition) is 4. The molecular weight excluding hydrogens is 385 g/mol. The second kappa shape index (κ2) is 5.50. The highest BCUT2D eigenvalue weighted by Crippen LogP contribution is 2.61. The molecule has 1 aliphatic carbocycles. The zero-order valence-corrected chi connectivity index (χ0v) is 15.7. The fourth-order valence-electron chi connectivity index (χ4n) is 3.76. The first kappa shape index (κ1) is 18.3. The molecule has 0 N–H and O–H groups in total. The highest BCUT2D eigenvalue weighted by Gasteiger charge is 2.69. The van der Waals surface area contributed by atoms with Gasteiger partial charge in [-0.1, -0.05) is 11.6 Å². The van der Waals surface area contributed by atoms with Crippen molar-refractivity contribution in [2.24, 2.45) is 5.92 Å². The first-order chi connectivity index (χ1) is 12.4. The van der Waals surface area contributed by atoms with Crippen LogP contribution in [0.2, 0.25) is 5.15 Å². The number of nitrogens with zero attached hydrogens (tertiary/aromatic N) is 4. The largest absolute Gasteiger partial charge is 0.443 e. The number of rotatable bonds is 1. The summed E-state index contributed by atoms with van der Waals surface area (Å²) in [6.07, 6.45) is -3.29. The van der Waals surface area contributed by atoms with E-state index in [-0.39, 0.29) is 22.2 Å². The molecule has 2 aliphatic rings. The molecule has 1 fully saturated rings. The van der Waals surface area contributed by atoms with Crippen molar-refractivity contribution in [1.29, 1.82) is 0 Å². The van der Waals surface area contributed by atoms with Crippen molar-refractivity contribution in [1.82, 2.24) is 14.6 Å². The fraction of sp³-hybridized carbons (Fsp3) is 0.588. The lowest BCUT2D eigenvalue weighted by molar-refractivity contribution is -0.193. The minimum Gasteiger partial charge on any atom is -0.443 e. The number of aromatic nitrogens is 3. The highest BCUT2D eigenvalue weighted by atomic mass is 35.5. The summed E-state index contributed by atoms with van der Waals surface area (Å²) < 4.78 is 49.7. The van der Waals surface area contributed by atoms with Crippen molar-refractivity contribution in [2.45, 2.75) is 50.8 Å². The lowest BCUT2D eigenvalue weighted by Crippen LogP contribution is -2.50. The first-order valence-electron chi connectivity index (χ1n) is 8.56. The third-order valence-corrected chi connectivity index (χ3v) is 5.13. The van der Waals surface area contributed by atoms with Crippen LogP contribution in [0.3, 0.4) is 0 Å². The monoisotopic (exact) mass is 402 g/mol. The average Bonchev–Trinajstić information content (AvgIpc) is 3.17. The summed E-state index contributed by atoms with van der Waals surface area (Å²) in [7, 11) is 0. The maximum absolute atomic E-state index is 14.4. The van der Waals surface area contributed by atoms with Gasteiger partial charge in [0.15, 0.2) is 10.8 Å². The van der Waals surface area contributed by atoms with Gasteiger partial charge in [-0.15, -0.1) is 0 Å². The second-order valence-corrected chi connectivity index (χ2v) is 8.43. The summed E-state index contributed by atoms with van der Waals surface area (Å²) in [5.74, 6) is -0.628. The number of anilines is 1. The summed E-state index contributed by atoms with van der Waals surface area (Å²) in [6, 6.07) is 1.39. The van der Waals surface area contributed by atoms with Gasteiger partial charge in [0.05, 0.1) is 17.6 Å². The molecule has 1 aliphatic heterocycles. The molecule has 1 atom stereocenters. The molecule has 27 heavy (non-hydrogen) atoms. The van der Waals surface area contributed by atoms with Crippen LogP contribution >= 0.6 is 11.6 Å². The zero-order chi connectivity index (χ0) is 19.8. The van der Waals surface area contributed by atoms with E-state index in [1.165, 1.54) is 12.3 Å². The van der Waals surface area contributed by atoms with Crippen LogP contribution in [-0.4, -0.2) is 39.0 Å². The first-order valence-corrected chi connectivity index (χ1v) is 8.94. The molecule has 4 rings (SSSR count). The Labute approximate surface area is 158 Å². The zero-order valence-electron chi connectivity index (χ0n) is 15.0. The van der Waals surface area contributed by atoms with E-state index < -0.39 is 35.7 Å². The topological polar surface area (TPSA) is 59.7 Å². The SMILES string of the molecule is CC(C)(C)OC(=O)N1CC(C2CC2)(C(F)(F)F)c2c1cnc1cc(Cl)nn21. The Hall–Kier alpha value is -2.03. The van der Waals surface area contributed by atoms with Crippen molar-refractivity contribution < 1.29 is 22.7 Å². The van der Waals surface area contributed by atoms with Crippen molar-refractivity contribution in [3.63, 3.8) is 0 Å². The maximum Gasteiger partial charge on any atom is 0.414 e. The Kier molecular flexibility index (Phi) is 3.73. The van der Waals surface area contributed by atoms with E-state index in [0.717, 1.165) is 9.42 Å². The number of amides is 1. The van der Waals surface area contributed by atoms with Crippen LogP contribution in [0.5, 0.6) is 0 Å². The van der Waals surface area contributed by atoms with Crippen LogP contribution in [0, 0.1) is 5.92 Å². The molecular formula is C17H18ClF3N4O2. The number of hydrogen-bond donors (Lipinski definition) is 0. The second-order valence-electron chi connectivity index (χ2n) is 8.04. The minimum absolute atomic E-state index is 0.0403. The third kappa shape index (κ3) is 2.74. The normalized spacial score (nSPS) is 23.0. The van der Waals surface area contributed by atoms with Gasteiger partial charge in [0.25, 0.3) is 0 Å². The van der Waals surface area contributed by atoms with Crippen molar-refractivity contribution in [3.8, 4) is 0 Å². The third-order valence-electron chi connectivity index (χ3n) is 4.95. The predicted octanol–water partition coefficient (Wildman–Crippen LogP) is 4.35. The van der Waals surface area contributed by atoms with Gasteiger partial charge in [-0.05, 0) is 39.5 Å². The Bertz CT molecular complexity index is 933. The van der Waals surface area contributed by atoms with Crippen LogP contribution in [0.1, 0.15) is 39.3 Å². The van der Waals surface area contributed by atoms with Gasteiger partial charge in [-0.2, -0.15) is 18.3 Å². The molecule has 0 bridgehead atoms. The van der Waals surface area contributed by atoms with E-state index in [1.807, 2.05) is 0 Å². The Morgan fingerprint density at radius 3 is 2.56 bits per heavy atom. The van der Waals surface area contributed by atoms with E-state index in [4.69, 9.17) is 16.3 Å². The van der Waals surface area contributed by atoms with E-state index >= 15 is 0 Å². The average molecular weight is 403 g/mol. The lowest BCUT2D eigenvalue weighted by atomic mass is 9.80. The summed E-state index contributed by atoms with van der Waals surface area (Å²) >= 11 is 5.91. The Balaban J connectivity index is 1.95. The van der Waals surface area contributed by atoms with Crippen LogP contribution in [0.15, 0.2) is 12.3 Å². The molecule has 1 amide bonds. The smallest absolute Gasteiger partial charge is 0.414 e. The molecule has 0 radical (unpaired) electrons. The van der Waals surface area contributed by atoms with E-state index in [2.05, 4.69) is 10.1 Å². The highest BCUT2D eigenvalue weighted by molar-refractivity contribution is 6.29. The Morgan fingerprint density at radius 1 is 1.33 bits per heavy atom. The van der Waals surface area contributed by atoms with Gasteiger partial charge in [0.1, 0.15) is 11.0 Å². The predicted molar refractivity (Wildman–Crippen MR) is 92.0 cm³/mol. The minimum atomic E-state index is -4.58. The molecule has 0 saturated heterocycles. The number of carbonyl (C=O) groups is 1. The van der Waals surface area contributed by atoms with Gasteiger partial charge in [-0.25, -0.2) is 14.3 Å². The molecule has 6 nitrogen and oxygen atoms in total. The molecule has 1 saturated carbocycles. The van der Waals surface area contributed by atoms with Gasteiger partial charge < -0.3 is 4.74 Å². The standard InChI is InChI=1S/C17H18ClF3N4O2/c1-15(2,3)27-14(26)24-8-16(9-4-5-9,17(19,20)21)13-10(24)7-22-12-6-11(18)23-25(12)13/h6-7,9H,4-5,8H2,1-3H3. The number of alkyl halides is 3. The van der Waals surface area contributed by atoms with Crippen molar-refractivity contribution >= 4 is 29.0 Å². The van der Waals surface area contributed by atoms with Gasteiger partial charge in [-0.3, -0.25) is 4.90 Å². The summed E-state index contributed by atoms with van der Waals surface area (Å²) in [5, 5.41) is 4.05. The van der Waals surface area contributed by atoms with E-state index in [1.54, 1.807) is 20.8 Å². The molecule has 2 aromatic rings. The molecule has 3 heterocycles. The lowest BCUT2D eigenvalue weighted by Gasteiger charge is -2.32. The molecule has 0 spiro atoms. The Morgan fingerprint density at radius 2 is 2.00 bits per heavy atom. The molecule has 10 heteroatoms. The number of ether oxygens (including phenoxy) is 1. The van der Waals surface area contributed by atoms with Gasteiger partial charge in [0.2, 0.25) is 0 Å². The quantitative estimate of drug-likeness (QED) is 0.711. The van der Waals surface area contributed by atoms with Gasteiger partial charge >= 0.3 is 12.3 Å². The van der Waals surface area contributed by atoms with Crippen LogP contribution < -0.4 is 4.90 Å². The van der Waals surface area contributed by atoms with Crippen LogP contribution in [0.4, 0.5) is 23.7 Å². The van der Waals surface area contributed by atoms with E-state index in [0.29, 0.717) is 12.8 Å². The molecule has 1 unspecified atom stereocenters.